The Morgan fingerprint density at radius 1 is 0.917 bits per heavy atom. The molecule has 0 radical (unpaired) electrons. The third kappa shape index (κ3) is 4.37. The van der Waals surface area contributed by atoms with Crippen molar-refractivity contribution in [2.75, 3.05) is 0 Å². The first-order valence-corrected chi connectivity index (χ1v) is 8.52. The normalized spacial score (nSPS) is 13.1. The van der Waals surface area contributed by atoms with Crippen molar-refractivity contribution >= 4 is 0 Å². The van der Waals surface area contributed by atoms with Crippen molar-refractivity contribution in [2.45, 2.75) is 65.2 Å². The second-order valence-electron chi connectivity index (χ2n) is 7.04. The summed E-state index contributed by atoms with van der Waals surface area (Å²) in [5.41, 5.74) is 4.32. The van der Waals surface area contributed by atoms with Gasteiger partial charge in [0.1, 0.15) is 5.69 Å². The number of pyridine rings is 2. The van der Waals surface area contributed by atoms with E-state index in [9.17, 15) is 8.78 Å². The average molecular weight is 332 g/mol. The highest BCUT2D eigenvalue weighted by Gasteiger charge is 2.16. The molecule has 0 aliphatic carbocycles. The zero-order valence-electron chi connectivity index (χ0n) is 15.1. The van der Waals surface area contributed by atoms with Gasteiger partial charge in [-0.05, 0) is 59.1 Å². The van der Waals surface area contributed by atoms with Crippen LogP contribution in [0.25, 0.3) is 0 Å². The van der Waals surface area contributed by atoms with Crippen LogP contribution in [0.1, 0.15) is 86.9 Å². The van der Waals surface area contributed by atoms with Gasteiger partial charge in [-0.3, -0.25) is 9.97 Å². The smallest absolute Gasteiger partial charge is 0.261 e. The monoisotopic (exact) mass is 332 g/mol. The molecule has 0 fully saturated rings. The molecule has 130 valence electrons. The van der Waals surface area contributed by atoms with Crippen molar-refractivity contribution in [3.05, 3.63) is 58.7 Å². The molecular formula is C20H26F2N2. The van der Waals surface area contributed by atoms with E-state index in [-0.39, 0.29) is 11.6 Å². The second-order valence-corrected chi connectivity index (χ2v) is 7.04. The fourth-order valence-corrected chi connectivity index (χ4v) is 2.88. The van der Waals surface area contributed by atoms with Gasteiger partial charge in [0.25, 0.3) is 6.43 Å². The van der Waals surface area contributed by atoms with Crippen molar-refractivity contribution in [1.29, 1.82) is 0 Å². The highest BCUT2D eigenvalue weighted by Crippen LogP contribution is 2.29. The molecule has 2 aromatic heterocycles. The van der Waals surface area contributed by atoms with Gasteiger partial charge >= 0.3 is 0 Å². The van der Waals surface area contributed by atoms with E-state index < -0.39 is 6.43 Å². The van der Waals surface area contributed by atoms with Crippen LogP contribution in [0.15, 0.2) is 30.6 Å². The van der Waals surface area contributed by atoms with Crippen molar-refractivity contribution < 1.29 is 8.78 Å². The van der Waals surface area contributed by atoms with Gasteiger partial charge in [-0.1, -0.05) is 34.6 Å². The van der Waals surface area contributed by atoms with Crippen molar-refractivity contribution in [1.82, 2.24) is 9.97 Å². The van der Waals surface area contributed by atoms with Gasteiger partial charge in [-0.2, -0.15) is 0 Å². The van der Waals surface area contributed by atoms with Gasteiger partial charge in [0, 0.05) is 18.1 Å². The lowest BCUT2D eigenvalue weighted by Gasteiger charge is -2.19. The van der Waals surface area contributed by atoms with E-state index in [4.69, 9.17) is 0 Å². The van der Waals surface area contributed by atoms with E-state index >= 15 is 0 Å². The Balaban J connectivity index is 2.28. The van der Waals surface area contributed by atoms with Gasteiger partial charge in [0.15, 0.2) is 0 Å². The molecule has 0 spiro atoms. The third-order valence-electron chi connectivity index (χ3n) is 4.38. The van der Waals surface area contributed by atoms with Gasteiger partial charge in [-0.25, -0.2) is 8.78 Å². The van der Waals surface area contributed by atoms with E-state index in [1.807, 2.05) is 12.3 Å². The van der Waals surface area contributed by atoms with Crippen LogP contribution in [0.2, 0.25) is 0 Å². The van der Waals surface area contributed by atoms with E-state index in [1.165, 1.54) is 23.4 Å². The maximum Gasteiger partial charge on any atom is 0.280 e. The van der Waals surface area contributed by atoms with Gasteiger partial charge < -0.3 is 0 Å². The van der Waals surface area contributed by atoms with Crippen molar-refractivity contribution in [2.24, 2.45) is 0 Å². The van der Waals surface area contributed by atoms with E-state index in [2.05, 4.69) is 50.7 Å². The molecule has 2 aromatic rings. The Hall–Kier alpha value is -1.84. The van der Waals surface area contributed by atoms with E-state index in [0.29, 0.717) is 11.8 Å². The number of aromatic nitrogens is 2. The largest absolute Gasteiger partial charge is 0.280 e. The van der Waals surface area contributed by atoms with Crippen LogP contribution < -0.4 is 0 Å². The summed E-state index contributed by atoms with van der Waals surface area (Å²) in [4.78, 5) is 8.32. The summed E-state index contributed by atoms with van der Waals surface area (Å²) < 4.78 is 25.7. The van der Waals surface area contributed by atoms with Crippen LogP contribution in [0.3, 0.4) is 0 Å². The van der Waals surface area contributed by atoms with E-state index in [1.54, 1.807) is 0 Å². The molecule has 1 unspecified atom stereocenters. The first-order chi connectivity index (χ1) is 11.3. The van der Waals surface area contributed by atoms with Crippen molar-refractivity contribution in [3.63, 3.8) is 0 Å². The summed E-state index contributed by atoms with van der Waals surface area (Å²) in [5.74, 6) is 0.930. The summed E-state index contributed by atoms with van der Waals surface area (Å²) in [6, 6.07) is 5.52. The summed E-state index contributed by atoms with van der Waals surface area (Å²) in [5, 5.41) is 0. The number of hydrogen-bond acceptors (Lipinski definition) is 2. The maximum absolute atomic E-state index is 12.9. The highest BCUT2D eigenvalue weighted by atomic mass is 19.3. The molecular weight excluding hydrogens is 306 g/mol. The Bertz CT molecular complexity index is 681. The minimum absolute atomic E-state index is 0.134. The first kappa shape index (κ1) is 18.5. The minimum atomic E-state index is -2.53. The quantitative estimate of drug-likeness (QED) is 0.647. The Labute approximate surface area is 143 Å². The molecule has 24 heavy (non-hydrogen) atoms. The van der Waals surface area contributed by atoms with Crippen LogP contribution in [0, 0.1) is 0 Å². The molecule has 2 rings (SSSR count). The van der Waals surface area contributed by atoms with Crippen LogP contribution >= 0.6 is 0 Å². The lowest BCUT2D eigenvalue weighted by Crippen LogP contribution is -2.07. The molecule has 0 N–H and O–H groups in total. The number of alkyl halides is 2. The number of hydrogen-bond donors (Lipinski definition) is 0. The molecule has 4 heteroatoms. The zero-order valence-corrected chi connectivity index (χ0v) is 15.1. The number of rotatable bonds is 6. The van der Waals surface area contributed by atoms with Crippen molar-refractivity contribution in [3.8, 4) is 0 Å². The second kappa shape index (κ2) is 7.82. The van der Waals surface area contributed by atoms with Gasteiger partial charge in [-0.15, -0.1) is 0 Å². The lowest BCUT2D eigenvalue weighted by atomic mass is 9.88. The molecule has 2 nitrogen and oxygen atoms in total. The number of nitrogens with zero attached hydrogens (tertiary/aromatic N) is 2. The molecule has 0 bridgehead atoms. The summed E-state index contributed by atoms with van der Waals surface area (Å²) in [6.45, 7) is 10.7. The molecule has 1 atom stereocenters. The topological polar surface area (TPSA) is 25.8 Å². The predicted molar refractivity (Wildman–Crippen MR) is 93.7 cm³/mol. The zero-order chi connectivity index (χ0) is 17.9. The minimum Gasteiger partial charge on any atom is -0.261 e. The molecule has 0 aliphatic rings. The average Bonchev–Trinajstić information content (AvgIpc) is 2.54. The predicted octanol–water partition coefficient (Wildman–Crippen LogP) is 6.01. The Kier molecular flexibility index (Phi) is 6.03. The third-order valence-corrected chi connectivity index (χ3v) is 4.38. The van der Waals surface area contributed by atoms with Gasteiger partial charge in [0.05, 0.1) is 0 Å². The SMILES string of the molecule is CC(C)c1cc(C(C)C)c(CC(C)c2ccnc(C(F)F)c2)cn1. The van der Waals surface area contributed by atoms with Crippen LogP contribution in [0.4, 0.5) is 8.78 Å². The van der Waals surface area contributed by atoms with E-state index in [0.717, 1.165) is 17.7 Å². The summed E-state index contributed by atoms with van der Waals surface area (Å²) >= 11 is 0. The Morgan fingerprint density at radius 2 is 1.62 bits per heavy atom. The summed E-state index contributed by atoms with van der Waals surface area (Å²) in [7, 11) is 0. The maximum atomic E-state index is 12.9. The van der Waals surface area contributed by atoms with Gasteiger partial charge in [0.2, 0.25) is 0 Å². The summed E-state index contributed by atoms with van der Waals surface area (Å²) in [6.07, 6.45) is 1.68. The molecule has 0 saturated carbocycles. The lowest BCUT2D eigenvalue weighted by molar-refractivity contribution is 0.146. The molecule has 0 amide bonds. The first-order valence-electron chi connectivity index (χ1n) is 8.52. The highest BCUT2D eigenvalue weighted by molar-refractivity contribution is 5.33. The number of halogens is 2. The fraction of sp³-hybridized carbons (Fsp3) is 0.500. The van der Waals surface area contributed by atoms with Crippen LogP contribution in [-0.4, -0.2) is 9.97 Å². The molecule has 0 saturated heterocycles. The van der Waals surface area contributed by atoms with Crippen LogP contribution in [0.5, 0.6) is 0 Å². The molecule has 0 aliphatic heterocycles. The molecule has 2 heterocycles. The standard InChI is InChI=1S/C20H26F2N2/c1-12(2)17-10-18(13(3)4)24-11-16(17)8-14(5)15-6-7-23-19(9-15)20(21)22/h6-7,9-14,20H,8H2,1-5H3. The Morgan fingerprint density at radius 3 is 2.21 bits per heavy atom. The fourth-order valence-electron chi connectivity index (χ4n) is 2.88. The molecule has 0 aromatic carbocycles. The van der Waals surface area contributed by atoms with Crippen LogP contribution in [-0.2, 0) is 6.42 Å².